The maximum Gasteiger partial charge on any atom is 0.250 e. The Labute approximate surface area is 127 Å². The minimum absolute atomic E-state index is 0.230. The highest BCUT2D eigenvalue weighted by Crippen LogP contribution is 2.08. The van der Waals surface area contributed by atoms with Gasteiger partial charge in [-0.3, -0.25) is 9.59 Å². The van der Waals surface area contributed by atoms with Gasteiger partial charge in [-0.15, -0.1) is 0 Å². The van der Waals surface area contributed by atoms with E-state index in [2.05, 4.69) is 10.6 Å². The largest absolute Gasteiger partial charge is 0.362 e. The Balaban J connectivity index is 1.68. The van der Waals surface area contributed by atoms with Crippen molar-refractivity contribution in [3.63, 3.8) is 0 Å². The molecule has 0 saturated heterocycles. The lowest BCUT2D eigenvalue weighted by atomic mass is 10.3. The van der Waals surface area contributed by atoms with Crippen molar-refractivity contribution >= 4 is 23.2 Å². The van der Waals surface area contributed by atoms with Gasteiger partial charge in [0, 0.05) is 11.4 Å². The van der Waals surface area contributed by atoms with E-state index in [9.17, 15) is 14.0 Å². The average molecular weight is 302 g/mol. The number of amides is 2. The molecule has 2 rings (SSSR count). The van der Waals surface area contributed by atoms with Crippen LogP contribution in [0.3, 0.4) is 0 Å². The Morgan fingerprint density at radius 1 is 0.818 bits per heavy atom. The summed E-state index contributed by atoms with van der Waals surface area (Å²) in [4.78, 5) is 23.2. The van der Waals surface area contributed by atoms with Crippen molar-refractivity contribution in [2.24, 2.45) is 0 Å². The molecule has 0 aromatic heterocycles. The molecule has 2 aromatic carbocycles. The van der Waals surface area contributed by atoms with Gasteiger partial charge in [0.15, 0.2) is 0 Å². The number of halogens is 1. The molecule has 0 fully saturated rings. The minimum Gasteiger partial charge on any atom is -0.362 e. The van der Waals surface area contributed by atoms with Crippen molar-refractivity contribution < 1.29 is 18.7 Å². The highest BCUT2D eigenvalue weighted by molar-refractivity contribution is 5.93. The summed E-state index contributed by atoms with van der Waals surface area (Å²) in [5.74, 6) is -1.15. The summed E-state index contributed by atoms with van der Waals surface area (Å²) in [7, 11) is 0. The number of benzene rings is 2. The van der Waals surface area contributed by atoms with E-state index in [1.54, 1.807) is 24.3 Å². The summed E-state index contributed by atoms with van der Waals surface area (Å²) in [5.41, 5.74) is 1.12. The lowest BCUT2D eigenvalue weighted by Gasteiger charge is -2.07. The van der Waals surface area contributed by atoms with Gasteiger partial charge in [0.1, 0.15) is 19.0 Å². The zero-order valence-corrected chi connectivity index (χ0v) is 11.7. The van der Waals surface area contributed by atoms with Crippen molar-refractivity contribution in [1.82, 2.24) is 0 Å². The van der Waals surface area contributed by atoms with E-state index in [-0.39, 0.29) is 24.9 Å². The standard InChI is InChI=1S/C16H15FN2O3/c17-12-6-8-14(9-7-12)19-16(21)11-22-10-15(20)18-13-4-2-1-3-5-13/h1-9H,10-11H2,(H,18,20)(H,19,21). The molecule has 0 aliphatic heterocycles. The van der Waals surface area contributed by atoms with Crippen molar-refractivity contribution in [3.8, 4) is 0 Å². The van der Waals surface area contributed by atoms with Gasteiger partial charge in [-0.1, -0.05) is 18.2 Å². The summed E-state index contributed by atoms with van der Waals surface area (Å²) in [6.07, 6.45) is 0. The third-order valence-corrected chi connectivity index (χ3v) is 2.65. The molecule has 114 valence electrons. The minimum atomic E-state index is -0.417. The van der Waals surface area contributed by atoms with Gasteiger partial charge in [0.05, 0.1) is 0 Å². The van der Waals surface area contributed by atoms with Crippen LogP contribution in [0.1, 0.15) is 0 Å². The van der Waals surface area contributed by atoms with Gasteiger partial charge in [0.25, 0.3) is 0 Å². The molecule has 0 saturated carbocycles. The van der Waals surface area contributed by atoms with E-state index in [1.807, 2.05) is 6.07 Å². The molecule has 6 heteroatoms. The number of carbonyl (C=O) groups is 2. The van der Waals surface area contributed by atoms with Gasteiger partial charge >= 0.3 is 0 Å². The molecule has 0 radical (unpaired) electrons. The van der Waals surface area contributed by atoms with Gasteiger partial charge < -0.3 is 15.4 Å². The smallest absolute Gasteiger partial charge is 0.250 e. The molecule has 0 heterocycles. The fourth-order valence-corrected chi connectivity index (χ4v) is 1.69. The summed E-state index contributed by atoms with van der Waals surface area (Å²) >= 11 is 0. The van der Waals surface area contributed by atoms with Gasteiger partial charge in [-0.25, -0.2) is 4.39 Å². The van der Waals surface area contributed by atoms with Crippen molar-refractivity contribution in [1.29, 1.82) is 0 Å². The maximum atomic E-state index is 12.7. The van der Waals surface area contributed by atoms with Crippen LogP contribution in [0.5, 0.6) is 0 Å². The highest BCUT2D eigenvalue weighted by atomic mass is 19.1. The molecule has 0 spiro atoms. The average Bonchev–Trinajstić information content (AvgIpc) is 2.50. The van der Waals surface area contributed by atoms with E-state index in [0.717, 1.165) is 0 Å². The zero-order valence-electron chi connectivity index (χ0n) is 11.7. The number of hydrogen-bond acceptors (Lipinski definition) is 3. The van der Waals surface area contributed by atoms with Crippen molar-refractivity contribution in [2.75, 3.05) is 23.8 Å². The first-order chi connectivity index (χ1) is 10.6. The number of anilines is 2. The second-order valence-corrected chi connectivity index (χ2v) is 4.46. The van der Waals surface area contributed by atoms with Gasteiger partial charge in [-0.2, -0.15) is 0 Å². The lowest BCUT2D eigenvalue weighted by Crippen LogP contribution is -2.23. The lowest BCUT2D eigenvalue weighted by molar-refractivity contribution is -0.125. The Bertz CT molecular complexity index is 630. The first kappa shape index (κ1) is 15.7. The third-order valence-electron chi connectivity index (χ3n) is 2.65. The van der Waals surface area contributed by atoms with E-state index in [0.29, 0.717) is 11.4 Å². The van der Waals surface area contributed by atoms with Crippen LogP contribution in [0.2, 0.25) is 0 Å². The van der Waals surface area contributed by atoms with E-state index in [1.165, 1.54) is 24.3 Å². The molecule has 0 unspecified atom stereocenters. The van der Waals surface area contributed by atoms with E-state index in [4.69, 9.17) is 4.74 Å². The summed E-state index contributed by atoms with van der Waals surface area (Å²) in [6, 6.07) is 14.3. The van der Waals surface area contributed by atoms with Crippen LogP contribution in [-0.2, 0) is 14.3 Å². The number of ether oxygens (including phenoxy) is 1. The SMILES string of the molecule is O=C(COCC(=O)Nc1ccc(F)cc1)Nc1ccccc1. The molecular formula is C16H15FN2O3. The van der Waals surface area contributed by atoms with Crippen LogP contribution in [-0.4, -0.2) is 25.0 Å². The van der Waals surface area contributed by atoms with Crippen LogP contribution in [0.15, 0.2) is 54.6 Å². The van der Waals surface area contributed by atoms with Crippen molar-refractivity contribution in [3.05, 3.63) is 60.4 Å². The van der Waals surface area contributed by atoms with Crippen LogP contribution in [0.4, 0.5) is 15.8 Å². The second-order valence-electron chi connectivity index (χ2n) is 4.46. The maximum absolute atomic E-state index is 12.7. The fourth-order valence-electron chi connectivity index (χ4n) is 1.69. The number of carbonyl (C=O) groups excluding carboxylic acids is 2. The molecule has 0 atom stereocenters. The first-order valence-electron chi connectivity index (χ1n) is 6.61. The molecule has 2 N–H and O–H groups in total. The van der Waals surface area contributed by atoms with Gasteiger partial charge in [0.2, 0.25) is 11.8 Å². The second kappa shape index (κ2) is 7.90. The van der Waals surface area contributed by atoms with E-state index >= 15 is 0 Å². The predicted octanol–water partition coefficient (Wildman–Crippen LogP) is 2.42. The summed E-state index contributed by atoms with van der Waals surface area (Å²) in [5, 5.41) is 5.16. The molecule has 2 aromatic rings. The number of hydrogen-bond donors (Lipinski definition) is 2. The van der Waals surface area contributed by atoms with Gasteiger partial charge in [-0.05, 0) is 36.4 Å². The van der Waals surface area contributed by atoms with Crippen LogP contribution in [0, 0.1) is 5.82 Å². The monoisotopic (exact) mass is 302 g/mol. The predicted molar refractivity (Wildman–Crippen MR) is 80.9 cm³/mol. The third kappa shape index (κ3) is 5.34. The molecule has 5 nitrogen and oxygen atoms in total. The van der Waals surface area contributed by atoms with Crippen LogP contribution < -0.4 is 10.6 Å². The Morgan fingerprint density at radius 2 is 1.32 bits per heavy atom. The van der Waals surface area contributed by atoms with E-state index < -0.39 is 5.91 Å². The molecular weight excluding hydrogens is 287 g/mol. The number of nitrogens with one attached hydrogen (secondary N) is 2. The number of para-hydroxylation sites is 1. The highest BCUT2D eigenvalue weighted by Gasteiger charge is 2.06. The molecule has 0 aliphatic carbocycles. The van der Waals surface area contributed by atoms with Crippen LogP contribution >= 0.6 is 0 Å². The Kier molecular flexibility index (Phi) is 5.62. The normalized spacial score (nSPS) is 10.0. The quantitative estimate of drug-likeness (QED) is 0.861. The summed E-state index contributed by atoms with van der Waals surface area (Å²) in [6.45, 7) is -0.495. The Morgan fingerprint density at radius 3 is 1.86 bits per heavy atom. The molecule has 22 heavy (non-hydrogen) atoms. The molecule has 0 aliphatic rings. The van der Waals surface area contributed by atoms with Crippen LogP contribution in [0.25, 0.3) is 0 Å². The molecule has 2 amide bonds. The number of rotatable bonds is 6. The zero-order chi connectivity index (χ0) is 15.8. The van der Waals surface area contributed by atoms with Crippen molar-refractivity contribution in [2.45, 2.75) is 0 Å². The topological polar surface area (TPSA) is 67.4 Å². The fraction of sp³-hybridized carbons (Fsp3) is 0.125. The first-order valence-corrected chi connectivity index (χ1v) is 6.61. The summed E-state index contributed by atoms with van der Waals surface area (Å²) < 4.78 is 17.7. The molecule has 0 bridgehead atoms. The Hall–Kier alpha value is -2.73.